The number of carbonyl (C=O) groups is 1. The van der Waals surface area contributed by atoms with Gasteiger partial charge in [-0.1, -0.05) is 44.2 Å². The molecule has 0 saturated heterocycles. The van der Waals surface area contributed by atoms with Gasteiger partial charge >= 0.3 is 0 Å². The fourth-order valence-corrected chi connectivity index (χ4v) is 2.03. The van der Waals surface area contributed by atoms with E-state index in [1.807, 2.05) is 27.0 Å². The smallest absolute Gasteiger partial charge is 0.225 e. The normalized spacial score (nSPS) is 11.3. The Hall–Kier alpha value is -1.35. The third-order valence-corrected chi connectivity index (χ3v) is 3.39. The van der Waals surface area contributed by atoms with Crippen molar-refractivity contribution in [1.82, 2.24) is 10.6 Å². The molecule has 1 aromatic rings. The summed E-state index contributed by atoms with van der Waals surface area (Å²) in [6.07, 6.45) is 2.98. The van der Waals surface area contributed by atoms with Crippen molar-refractivity contribution in [3.05, 3.63) is 35.9 Å². The van der Waals surface area contributed by atoms with Crippen LogP contribution in [0.1, 0.15) is 32.3 Å². The average Bonchev–Trinajstić information content (AvgIpc) is 2.40. The van der Waals surface area contributed by atoms with E-state index in [-0.39, 0.29) is 11.3 Å². The van der Waals surface area contributed by atoms with Gasteiger partial charge in [-0.2, -0.15) is 0 Å². The van der Waals surface area contributed by atoms with Gasteiger partial charge in [-0.15, -0.1) is 0 Å². The van der Waals surface area contributed by atoms with Crippen LogP contribution in [-0.2, 0) is 11.2 Å². The largest absolute Gasteiger partial charge is 0.354 e. The first-order chi connectivity index (χ1) is 9.06. The summed E-state index contributed by atoms with van der Waals surface area (Å²) in [5.41, 5.74) is 1.05. The topological polar surface area (TPSA) is 41.1 Å². The molecule has 0 aliphatic carbocycles. The second-order valence-corrected chi connectivity index (χ2v) is 5.58. The van der Waals surface area contributed by atoms with Crippen LogP contribution in [0.3, 0.4) is 0 Å². The zero-order valence-electron chi connectivity index (χ0n) is 12.3. The molecule has 0 aliphatic rings. The van der Waals surface area contributed by atoms with Crippen LogP contribution in [-0.4, -0.2) is 26.0 Å². The summed E-state index contributed by atoms with van der Waals surface area (Å²) >= 11 is 0. The molecule has 0 bridgehead atoms. The summed E-state index contributed by atoms with van der Waals surface area (Å²) in [7, 11) is 1.89. The van der Waals surface area contributed by atoms with Crippen molar-refractivity contribution >= 4 is 5.91 Å². The van der Waals surface area contributed by atoms with Crippen LogP contribution >= 0.6 is 0 Å². The third kappa shape index (κ3) is 5.88. The number of benzene rings is 1. The van der Waals surface area contributed by atoms with Crippen LogP contribution < -0.4 is 10.6 Å². The van der Waals surface area contributed by atoms with Crippen LogP contribution in [0.2, 0.25) is 0 Å². The first kappa shape index (κ1) is 15.7. The fourth-order valence-electron chi connectivity index (χ4n) is 2.03. The lowest BCUT2D eigenvalue weighted by Gasteiger charge is -2.23. The molecule has 106 valence electrons. The van der Waals surface area contributed by atoms with Gasteiger partial charge in [0.25, 0.3) is 0 Å². The Morgan fingerprint density at radius 2 is 1.84 bits per heavy atom. The second-order valence-electron chi connectivity index (χ2n) is 5.58. The van der Waals surface area contributed by atoms with Gasteiger partial charge in [0.05, 0.1) is 0 Å². The Morgan fingerprint density at radius 3 is 2.47 bits per heavy atom. The molecule has 0 heterocycles. The van der Waals surface area contributed by atoms with E-state index in [0.29, 0.717) is 6.54 Å². The molecule has 0 atom stereocenters. The van der Waals surface area contributed by atoms with Gasteiger partial charge < -0.3 is 10.6 Å². The first-order valence-electron chi connectivity index (χ1n) is 7.03. The summed E-state index contributed by atoms with van der Waals surface area (Å²) in [6, 6.07) is 10.4. The average molecular weight is 262 g/mol. The molecule has 0 fully saturated rings. The van der Waals surface area contributed by atoms with Gasteiger partial charge in [0.2, 0.25) is 5.91 Å². The van der Waals surface area contributed by atoms with Crippen molar-refractivity contribution in [3.63, 3.8) is 0 Å². The Balaban J connectivity index is 2.31. The van der Waals surface area contributed by atoms with E-state index in [1.54, 1.807) is 0 Å². The minimum Gasteiger partial charge on any atom is -0.354 e. The van der Waals surface area contributed by atoms with E-state index in [9.17, 15) is 4.79 Å². The molecule has 19 heavy (non-hydrogen) atoms. The number of nitrogens with one attached hydrogen (secondary N) is 2. The minimum absolute atomic E-state index is 0.149. The Kier molecular flexibility index (Phi) is 6.57. The van der Waals surface area contributed by atoms with E-state index < -0.39 is 0 Å². The highest BCUT2D eigenvalue weighted by molar-refractivity contribution is 5.81. The van der Waals surface area contributed by atoms with E-state index in [2.05, 4.69) is 34.9 Å². The molecule has 3 nitrogen and oxygen atoms in total. The van der Waals surface area contributed by atoms with Crippen molar-refractivity contribution < 1.29 is 4.79 Å². The van der Waals surface area contributed by atoms with Crippen LogP contribution in [0.4, 0.5) is 0 Å². The number of likely N-dealkylation sites (N-methyl/N-ethyl adjacent to an activating group) is 1. The van der Waals surface area contributed by atoms with Crippen LogP contribution in [0.5, 0.6) is 0 Å². The predicted molar refractivity (Wildman–Crippen MR) is 80.1 cm³/mol. The lowest BCUT2D eigenvalue weighted by molar-refractivity contribution is -0.129. The maximum absolute atomic E-state index is 12.0. The van der Waals surface area contributed by atoms with Crippen molar-refractivity contribution in [2.45, 2.75) is 33.1 Å². The van der Waals surface area contributed by atoms with Gasteiger partial charge in [0.1, 0.15) is 0 Å². The van der Waals surface area contributed by atoms with Crippen molar-refractivity contribution in [1.29, 1.82) is 0 Å². The van der Waals surface area contributed by atoms with Crippen LogP contribution in [0, 0.1) is 5.41 Å². The zero-order chi connectivity index (χ0) is 14.1. The summed E-state index contributed by atoms with van der Waals surface area (Å²) in [5, 5.41) is 6.00. The van der Waals surface area contributed by atoms with E-state index in [4.69, 9.17) is 0 Å². The molecule has 0 aromatic heterocycles. The van der Waals surface area contributed by atoms with Gasteiger partial charge in [0.15, 0.2) is 0 Å². The molecule has 1 rings (SSSR count). The van der Waals surface area contributed by atoms with E-state index >= 15 is 0 Å². The highest BCUT2D eigenvalue weighted by Gasteiger charge is 2.26. The molecular weight excluding hydrogens is 236 g/mol. The van der Waals surface area contributed by atoms with Crippen molar-refractivity contribution in [2.24, 2.45) is 5.41 Å². The molecule has 3 heteroatoms. The maximum Gasteiger partial charge on any atom is 0.225 e. The molecule has 1 aromatic carbocycles. The van der Waals surface area contributed by atoms with Gasteiger partial charge in [-0.25, -0.2) is 0 Å². The number of carbonyl (C=O) groups excluding carboxylic acids is 1. The lowest BCUT2D eigenvalue weighted by atomic mass is 9.85. The number of hydrogen-bond acceptors (Lipinski definition) is 2. The number of aryl methyl sites for hydroxylation is 1. The molecule has 0 radical (unpaired) electrons. The third-order valence-electron chi connectivity index (χ3n) is 3.39. The first-order valence-corrected chi connectivity index (χ1v) is 7.03. The maximum atomic E-state index is 12.0. The molecule has 0 spiro atoms. The lowest BCUT2D eigenvalue weighted by Crippen LogP contribution is -2.39. The number of rotatable bonds is 8. The molecule has 0 unspecified atom stereocenters. The summed E-state index contributed by atoms with van der Waals surface area (Å²) in [6.45, 7) is 5.54. The predicted octanol–water partition coefficient (Wildman–Crippen LogP) is 2.37. The Morgan fingerprint density at radius 1 is 1.16 bits per heavy atom. The second kappa shape index (κ2) is 7.95. The van der Waals surface area contributed by atoms with Crippen LogP contribution in [0.15, 0.2) is 30.3 Å². The van der Waals surface area contributed by atoms with Gasteiger partial charge in [-0.3, -0.25) is 4.79 Å². The zero-order valence-corrected chi connectivity index (χ0v) is 12.3. The highest BCUT2D eigenvalue weighted by Crippen LogP contribution is 2.23. The SMILES string of the molecule is CNCCNC(=O)C(C)(C)CCCc1ccccc1. The molecule has 0 saturated carbocycles. The Bertz CT molecular complexity index is 374. The highest BCUT2D eigenvalue weighted by atomic mass is 16.2. The van der Waals surface area contributed by atoms with Crippen molar-refractivity contribution in [3.8, 4) is 0 Å². The molecule has 0 aliphatic heterocycles. The Labute approximate surface area is 116 Å². The molecule has 2 N–H and O–H groups in total. The summed E-state index contributed by atoms with van der Waals surface area (Å²) in [5.74, 6) is 0.149. The molecular formula is C16H26N2O. The quantitative estimate of drug-likeness (QED) is 0.706. The standard InChI is InChI=1S/C16H26N2O/c1-16(2,15(19)18-13-12-17-3)11-7-10-14-8-5-4-6-9-14/h4-6,8-9,17H,7,10-13H2,1-3H3,(H,18,19). The molecule has 1 amide bonds. The van der Waals surface area contributed by atoms with E-state index in [1.165, 1.54) is 5.56 Å². The summed E-state index contributed by atoms with van der Waals surface area (Å²) in [4.78, 5) is 12.0. The number of hydrogen-bond donors (Lipinski definition) is 2. The monoisotopic (exact) mass is 262 g/mol. The van der Waals surface area contributed by atoms with Gasteiger partial charge in [0, 0.05) is 18.5 Å². The number of amides is 1. The minimum atomic E-state index is -0.289. The summed E-state index contributed by atoms with van der Waals surface area (Å²) < 4.78 is 0. The van der Waals surface area contributed by atoms with Gasteiger partial charge in [-0.05, 0) is 31.9 Å². The van der Waals surface area contributed by atoms with Crippen molar-refractivity contribution in [2.75, 3.05) is 20.1 Å². The van der Waals surface area contributed by atoms with E-state index in [0.717, 1.165) is 25.8 Å². The fraction of sp³-hybridized carbons (Fsp3) is 0.562. The van der Waals surface area contributed by atoms with Crippen LogP contribution in [0.25, 0.3) is 0 Å².